The van der Waals surface area contributed by atoms with Crippen LogP contribution in [0.2, 0.25) is 0 Å². The lowest BCUT2D eigenvalue weighted by Gasteiger charge is -2.09. The van der Waals surface area contributed by atoms with Crippen molar-refractivity contribution in [1.29, 1.82) is 0 Å². The van der Waals surface area contributed by atoms with Gasteiger partial charge in [-0.25, -0.2) is 14.6 Å². The number of ether oxygens (including phenoxy) is 1. The Labute approximate surface area is 120 Å². The van der Waals surface area contributed by atoms with E-state index < -0.39 is 11.6 Å². The Bertz CT molecular complexity index is 619. The van der Waals surface area contributed by atoms with Gasteiger partial charge in [0.25, 0.3) is 0 Å². The van der Waals surface area contributed by atoms with E-state index in [0.29, 0.717) is 0 Å². The van der Waals surface area contributed by atoms with Crippen molar-refractivity contribution >= 4 is 33.5 Å². The van der Waals surface area contributed by atoms with Crippen LogP contribution in [0.4, 0.5) is 26.4 Å². The van der Waals surface area contributed by atoms with E-state index in [9.17, 15) is 8.78 Å². The number of aromatic nitrogens is 3. The highest BCUT2D eigenvalue weighted by atomic mass is 79.9. The number of methoxy groups -OCH3 is 1. The summed E-state index contributed by atoms with van der Waals surface area (Å²) in [7, 11) is 1.36. The summed E-state index contributed by atoms with van der Waals surface area (Å²) in [6.45, 7) is 0. The molecule has 1 aromatic carbocycles. The summed E-state index contributed by atoms with van der Waals surface area (Å²) in [5.74, 6) is 3.69. The first-order chi connectivity index (χ1) is 9.53. The molecule has 106 valence electrons. The topological polar surface area (TPSA) is 98.0 Å². The lowest BCUT2D eigenvalue weighted by Crippen LogP contribution is -2.13. The summed E-state index contributed by atoms with van der Waals surface area (Å²) in [6, 6.07) is 1.93. The zero-order valence-corrected chi connectivity index (χ0v) is 11.7. The fourth-order valence-corrected chi connectivity index (χ4v) is 1.65. The largest absolute Gasteiger partial charge is 0.467 e. The lowest BCUT2D eigenvalue weighted by molar-refractivity contribution is 0.379. The Morgan fingerprint density at radius 1 is 1.15 bits per heavy atom. The van der Waals surface area contributed by atoms with Crippen LogP contribution in [0.3, 0.4) is 0 Å². The maximum Gasteiger partial charge on any atom is 0.322 e. The monoisotopic (exact) mass is 346 g/mol. The lowest BCUT2D eigenvalue weighted by atomic mass is 10.3. The van der Waals surface area contributed by atoms with Crippen LogP contribution in [0.15, 0.2) is 16.6 Å². The van der Waals surface area contributed by atoms with Crippen LogP contribution in [0.25, 0.3) is 0 Å². The average molecular weight is 347 g/mol. The number of hydrogen-bond donors (Lipinski definition) is 3. The van der Waals surface area contributed by atoms with Gasteiger partial charge in [-0.2, -0.15) is 15.0 Å². The Hall–Kier alpha value is -2.07. The minimum atomic E-state index is -0.799. The van der Waals surface area contributed by atoms with Gasteiger partial charge in [0, 0.05) is 6.07 Å². The number of nitrogen functional groups attached to an aromatic ring is 1. The molecule has 0 amide bonds. The van der Waals surface area contributed by atoms with Crippen LogP contribution < -0.4 is 21.3 Å². The molecule has 0 saturated carbocycles. The summed E-state index contributed by atoms with van der Waals surface area (Å²) in [4.78, 5) is 11.5. The first-order valence-corrected chi connectivity index (χ1v) is 6.01. The zero-order valence-electron chi connectivity index (χ0n) is 10.1. The number of halogens is 3. The number of rotatable bonds is 4. The second-order valence-electron chi connectivity index (χ2n) is 3.48. The number of nitrogens with two attached hydrogens (primary N) is 1. The van der Waals surface area contributed by atoms with E-state index in [-0.39, 0.29) is 28.1 Å². The van der Waals surface area contributed by atoms with Crippen molar-refractivity contribution in [1.82, 2.24) is 15.0 Å². The van der Waals surface area contributed by atoms with Gasteiger partial charge < -0.3 is 10.1 Å². The zero-order chi connectivity index (χ0) is 14.7. The first-order valence-electron chi connectivity index (χ1n) is 5.21. The number of anilines is 3. The van der Waals surface area contributed by atoms with Gasteiger partial charge in [-0.1, -0.05) is 0 Å². The molecular weight excluding hydrogens is 338 g/mol. The third-order valence-corrected chi connectivity index (χ3v) is 2.79. The highest BCUT2D eigenvalue weighted by molar-refractivity contribution is 9.10. The molecule has 10 heteroatoms. The van der Waals surface area contributed by atoms with E-state index in [1.165, 1.54) is 13.2 Å². The summed E-state index contributed by atoms with van der Waals surface area (Å²) in [5, 5.41) is 2.58. The normalized spacial score (nSPS) is 10.2. The molecule has 0 atom stereocenters. The molecule has 0 unspecified atom stereocenters. The van der Waals surface area contributed by atoms with Crippen molar-refractivity contribution in [2.75, 3.05) is 17.9 Å². The van der Waals surface area contributed by atoms with Gasteiger partial charge in [0.1, 0.15) is 11.6 Å². The predicted molar refractivity (Wildman–Crippen MR) is 71.5 cm³/mol. The van der Waals surface area contributed by atoms with Crippen LogP contribution in [-0.4, -0.2) is 22.1 Å². The van der Waals surface area contributed by atoms with Gasteiger partial charge in [-0.3, -0.25) is 5.43 Å². The van der Waals surface area contributed by atoms with E-state index >= 15 is 0 Å². The van der Waals surface area contributed by atoms with Crippen LogP contribution in [0, 0.1) is 11.6 Å². The predicted octanol–water partition coefficient (Wildman–Crippen LogP) is 1.95. The van der Waals surface area contributed by atoms with Crippen molar-refractivity contribution in [3.8, 4) is 6.01 Å². The van der Waals surface area contributed by atoms with Crippen LogP contribution in [0.5, 0.6) is 6.01 Å². The molecule has 4 N–H and O–H groups in total. The fourth-order valence-electron chi connectivity index (χ4n) is 1.31. The molecule has 2 aromatic rings. The third kappa shape index (κ3) is 3.08. The molecule has 1 heterocycles. The fraction of sp³-hybridized carbons (Fsp3) is 0.100. The first kappa shape index (κ1) is 14.3. The second kappa shape index (κ2) is 5.92. The third-order valence-electron chi connectivity index (χ3n) is 2.18. The summed E-state index contributed by atoms with van der Waals surface area (Å²) >= 11 is 2.96. The Morgan fingerprint density at radius 2 is 1.85 bits per heavy atom. The number of nitrogens with one attached hydrogen (secondary N) is 2. The standard InChI is InChI=1S/C10H9BrF2N6O/c1-20-10-17-8(16-9(18-10)19-14)15-7-2-4(11)5(12)3-6(7)13/h2-3H,14H2,1H3,(H2,15,16,17,18,19). The van der Waals surface area contributed by atoms with E-state index in [2.05, 4.69) is 41.6 Å². The highest BCUT2D eigenvalue weighted by Gasteiger charge is 2.11. The summed E-state index contributed by atoms with van der Waals surface area (Å²) < 4.78 is 31.7. The number of hydrogen-bond acceptors (Lipinski definition) is 7. The Morgan fingerprint density at radius 3 is 2.50 bits per heavy atom. The molecule has 0 aliphatic carbocycles. The van der Waals surface area contributed by atoms with Crippen molar-refractivity contribution in [2.45, 2.75) is 0 Å². The Kier molecular flexibility index (Phi) is 4.25. The molecule has 1 aromatic heterocycles. The molecule has 0 aliphatic heterocycles. The second-order valence-corrected chi connectivity index (χ2v) is 4.34. The molecule has 7 nitrogen and oxygen atoms in total. The molecule has 0 spiro atoms. The van der Waals surface area contributed by atoms with Crippen molar-refractivity contribution < 1.29 is 13.5 Å². The average Bonchev–Trinajstić information content (AvgIpc) is 2.44. The van der Waals surface area contributed by atoms with Gasteiger partial charge >= 0.3 is 6.01 Å². The number of hydrazine groups is 1. The molecular formula is C10H9BrF2N6O. The van der Waals surface area contributed by atoms with Crippen LogP contribution >= 0.6 is 15.9 Å². The molecule has 0 fully saturated rings. The molecule has 0 radical (unpaired) electrons. The molecule has 0 bridgehead atoms. The number of benzene rings is 1. The van der Waals surface area contributed by atoms with Crippen molar-refractivity contribution in [3.63, 3.8) is 0 Å². The molecule has 0 saturated heterocycles. The highest BCUT2D eigenvalue weighted by Crippen LogP contribution is 2.25. The maximum atomic E-state index is 13.6. The van der Waals surface area contributed by atoms with Gasteiger partial charge in [0.15, 0.2) is 0 Å². The summed E-state index contributed by atoms with van der Waals surface area (Å²) in [5.41, 5.74) is 2.20. The van der Waals surface area contributed by atoms with Crippen molar-refractivity contribution in [3.05, 3.63) is 28.2 Å². The van der Waals surface area contributed by atoms with Gasteiger partial charge in [0.05, 0.1) is 17.3 Å². The van der Waals surface area contributed by atoms with Gasteiger partial charge in [-0.05, 0) is 22.0 Å². The molecule has 20 heavy (non-hydrogen) atoms. The van der Waals surface area contributed by atoms with Gasteiger partial charge in [0.2, 0.25) is 11.9 Å². The van der Waals surface area contributed by atoms with Gasteiger partial charge in [-0.15, -0.1) is 0 Å². The van der Waals surface area contributed by atoms with Crippen LogP contribution in [-0.2, 0) is 0 Å². The molecule has 2 rings (SSSR count). The van der Waals surface area contributed by atoms with E-state index in [1.54, 1.807) is 0 Å². The maximum absolute atomic E-state index is 13.6. The van der Waals surface area contributed by atoms with E-state index in [1.807, 2.05) is 0 Å². The quantitative estimate of drug-likeness (QED) is 0.442. The minimum Gasteiger partial charge on any atom is -0.467 e. The van der Waals surface area contributed by atoms with E-state index in [4.69, 9.17) is 10.6 Å². The van der Waals surface area contributed by atoms with Crippen molar-refractivity contribution in [2.24, 2.45) is 5.84 Å². The summed E-state index contributed by atoms with van der Waals surface area (Å²) in [6.07, 6.45) is 0. The minimum absolute atomic E-state index is 0.0118. The van der Waals surface area contributed by atoms with E-state index in [0.717, 1.165) is 6.07 Å². The Balaban J connectivity index is 2.36. The number of nitrogens with zero attached hydrogens (tertiary/aromatic N) is 3. The van der Waals surface area contributed by atoms with Crippen LogP contribution in [0.1, 0.15) is 0 Å². The molecule has 0 aliphatic rings. The smallest absolute Gasteiger partial charge is 0.322 e. The SMILES string of the molecule is COc1nc(NN)nc(Nc2cc(Br)c(F)cc2F)n1.